The van der Waals surface area contributed by atoms with Gasteiger partial charge in [0.2, 0.25) is 5.91 Å². The van der Waals surface area contributed by atoms with Crippen LogP contribution in [0.1, 0.15) is 35.2 Å². The smallest absolute Gasteiger partial charge is 0.253 e. The maximum Gasteiger partial charge on any atom is 0.253 e. The summed E-state index contributed by atoms with van der Waals surface area (Å²) in [6, 6.07) is 15.3. The van der Waals surface area contributed by atoms with Gasteiger partial charge in [0.05, 0.1) is 6.61 Å². The third kappa shape index (κ3) is 4.67. The van der Waals surface area contributed by atoms with Crippen LogP contribution in [0, 0.1) is 0 Å². The molecular formula is C22H26N2O3. The Bertz CT molecular complexity index is 817. The Kier molecular flexibility index (Phi) is 6.12. The highest BCUT2D eigenvalue weighted by molar-refractivity contribution is 5.95. The molecule has 0 atom stereocenters. The fourth-order valence-corrected chi connectivity index (χ4v) is 3.32. The van der Waals surface area contributed by atoms with Crippen molar-refractivity contribution in [1.29, 1.82) is 0 Å². The number of benzene rings is 2. The van der Waals surface area contributed by atoms with Crippen molar-refractivity contribution in [1.82, 2.24) is 4.90 Å². The van der Waals surface area contributed by atoms with Gasteiger partial charge in [-0.3, -0.25) is 9.59 Å². The monoisotopic (exact) mass is 366 g/mol. The molecule has 0 N–H and O–H groups in total. The SMILES string of the molecule is CN(C)C(=O)c1cccc(OCCCC(=O)N2CCCc3ccccc32)c1. The summed E-state index contributed by atoms with van der Waals surface area (Å²) in [5.74, 6) is 0.736. The summed E-state index contributed by atoms with van der Waals surface area (Å²) in [7, 11) is 3.44. The summed E-state index contributed by atoms with van der Waals surface area (Å²) in [4.78, 5) is 28.1. The van der Waals surface area contributed by atoms with Gasteiger partial charge in [0.15, 0.2) is 0 Å². The Morgan fingerprint density at radius 3 is 2.74 bits per heavy atom. The van der Waals surface area contributed by atoms with E-state index in [1.165, 1.54) is 10.5 Å². The standard InChI is InChI=1S/C22H26N2O3/c1-23(2)22(26)18-9-5-11-19(16-18)27-15-7-13-21(25)24-14-6-10-17-8-3-4-12-20(17)24/h3-5,8-9,11-12,16H,6-7,10,13-15H2,1-2H3. The lowest BCUT2D eigenvalue weighted by Gasteiger charge is -2.29. The van der Waals surface area contributed by atoms with Crippen molar-refractivity contribution in [3.63, 3.8) is 0 Å². The molecule has 0 radical (unpaired) electrons. The van der Waals surface area contributed by atoms with Gasteiger partial charge in [-0.15, -0.1) is 0 Å². The van der Waals surface area contributed by atoms with E-state index < -0.39 is 0 Å². The van der Waals surface area contributed by atoms with Crippen LogP contribution in [-0.4, -0.2) is 44.0 Å². The maximum atomic E-state index is 12.6. The van der Waals surface area contributed by atoms with Gasteiger partial charge in [0.25, 0.3) is 5.91 Å². The largest absolute Gasteiger partial charge is 0.494 e. The number of aryl methyl sites for hydroxylation is 1. The topological polar surface area (TPSA) is 49.9 Å². The minimum absolute atomic E-state index is 0.0561. The van der Waals surface area contributed by atoms with Gasteiger partial charge >= 0.3 is 0 Å². The molecule has 0 saturated heterocycles. The van der Waals surface area contributed by atoms with Crippen LogP contribution in [0.5, 0.6) is 5.75 Å². The van der Waals surface area contributed by atoms with Gasteiger partial charge in [-0.1, -0.05) is 24.3 Å². The van der Waals surface area contributed by atoms with Crippen LogP contribution in [-0.2, 0) is 11.2 Å². The normalized spacial score (nSPS) is 13.0. The summed E-state index contributed by atoms with van der Waals surface area (Å²) in [5.41, 5.74) is 2.89. The fraction of sp³-hybridized carbons (Fsp3) is 0.364. The number of ether oxygens (including phenoxy) is 1. The minimum Gasteiger partial charge on any atom is -0.494 e. The lowest BCUT2D eigenvalue weighted by molar-refractivity contribution is -0.118. The Labute approximate surface area is 160 Å². The highest BCUT2D eigenvalue weighted by Crippen LogP contribution is 2.27. The van der Waals surface area contributed by atoms with Gasteiger partial charge in [0.1, 0.15) is 5.75 Å². The van der Waals surface area contributed by atoms with E-state index in [0.29, 0.717) is 30.8 Å². The zero-order valence-electron chi connectivity index (χ0n) is 16.0. The number of amides is 2. The first-order chi connectivity index (χ1) is 13.1. The molecule has 27 heavy (non-hydrogen) atoms. The first-order valence-electron chi connectivity index (χ1n) is 9.39. The molecule has 0 spiro atoms. The molecule has 142 valence electrons. The van der Waals surface area contributed by atoms with E-state index in [0.717, 1.165) is 25.1 Å². The number of para-hydroxylation sites is 1. The molecule has 5 nitrogen and oxygen atoms in total. The molecule has 0 aliphatic carbocycles. The van der Waals surface area contributed by atoms with Crippen LogP contribution in [0.4, 0.5) is 5.69 Å². The van der Waals surface area contributed by atoms with Crippen LogP contribution in [0.2, 0.25) is 0 Å². The van der Waals surface area contributed by atoms with Crippen LogP contribution >= 0.6 is 0 Å². The number of fused-ring (bicyclic) bond motifs is 1. The lowest BCUT2D eigenvalue weighted by Crippen LogP contribution is -2.35. The third-order valence-electron chi connectivity index (χ3n) is 4.70. The van der Waals surface area contributed by atoms with Crippen LogP contribution in [0.25, 0.3) is 0 Å². The molecule has 2 aromatic carbocycles. The van der Waals surface area contributed by atoms with Crippen molar-refractivity contribution in [3.8, 4) is 5.75 Å². The molecular weight excluding hydrogens is 340 g/mol. The van der Waals surface area contributed by atoms with Gasteiger partial charge in [-0.25, -0.2) is 0 Å². The van der Waals surface area contributed by atoms with Gasteiger partial charge in [-0.05, 0) is 49.1 Å². The third-order valence-corrected chi connectivity index (χ3v) is 4.70. The summed E-state index contributed by atoms with van der Waals surface area (Å²) < 4.78 is 5.74. The molecule has 0 aromatic heterocycles. The molecule has 3 rings (SSSR count). The second-order valence-corrected chi connectivity index (χ2v) is 6.96. The van der Waals surface area contributed by atoms with Gasteiger partial charge in [0, 0.05) is 38.3 Å². The van der Waals surface area contributed by atoms with Crippen molar-refractivity contribution in [2.45, 2.75) is 25.7 Å². The van der Waals surface area contributed by atoms with Crippen molar-refractivity contribution in [3.05, 3.63) is 59.7 Å². The Balaban J connectivity index is 1.50. The molecule has 0 fully saturated rings. The van der Waals surface area contributed by atoms with Crippen molar-refractivity contribution >= 4 is 17.5 Å². The average molecular weight is 366 g/mol. The van der Waals surface area contributed by atoms with Crippen molar-refractivity contribution < 1.29 is 14.3 Å². The highest BCUT2D eigenvalue weighted by atomic mass is 16.5. The second-order valence-electron chi connectivity index (χ2n) is 6.96. The number of anilines is 1. The molecule has 1 aliphatic rings. The average Bonchev–Trinajstić information content (AvgIpc) is 2.70. The van der Waals surface area contributed by atoms with Crippen molar-refractivity contribution in [2.75, 3.05) is 32.1 Å². The number of rotatable bonds is 6. The highest BCUT2D eigenvalue weighted by Gasteiger charge is 2.21. The van der Waals surface area contributed by atoms with Crippen LogP contribution < -0.4 is 9.64 Å². The summed E-state index contributed by atoms with van der Waals surface area (Å²) >= 11 is 0. The molecule has 0 bridgehead atoms. The number of carbonyl (C=O) groups excluding carboxylic acids is 2. The van der Waals surface area contributed by atoms with E-state index >= 15 is 0 Å². The van der Waals surface area contributed by atoms with Gasteiger partial charge in [-0.2, -0.15) is 0 Å². The quantitative estimate of drug-likeness (QED) is 0.735. The molecule has 5 heteroatoms. The molecule has 2 amide bonds. The van der Waals surface area contributed by atoms with Crippen molar-refractivity contribution in [2.24, 2.45) is 0 Å². The number of carbonyl (C=O) groups is 2. The first-order valence-corrected chi connectivity index (χ1v) is 9.39. The molecule has 1 heterocycles. The van der Waals surface area contributed by atoms with E-state index in [9.17, 15) is 9.59 Å². The molecule has 0 saturated carbocycles. The van der Waals surface area contributed by atoms with E-state index in [1.807, 2.05) is 35.2 Å². The summed E-state index contributed by atoms with van der Waals surface area (Å²) in [5, 5.41) is 0. The number of hydrogen-bond acceptors (Lipinski definition) is 3. The number of hydrogen-bond donors (Lipinski definition) is 0. The Morgan fingerprint density at radius 2 is 1.93 bits per heavy atom. The molecule has 2 aromatic rings. The maximum absolute atomic E-state index is 12.6. The van der Waals surface area contributed by atoms with E-state index in [1.54, 1.807) is 26.2 Å². The van der Waals surface area contributed by atoms with Gasteiger partial charge < -0.3 is 14.5 Å². The predicted molar refractivity (Wildman–Crippen MR) is 106 cm³/mol. The minimum atomic E-state index is -0.0561. The lowest BCUT2D eigenvalue weighted by atomic mass is 10.0. The summed E-state index contributed by atoms with van der Waals surface area (Å²) in [6.07, 6.45) is 3.13. The Hall–Kier alpha value is -2.82. The first kappa shape index (κ1) is 19.0. The second kappa shape index (κ2) is 8.71. The van der Waals surface area contributed by atoms with E-state index in [2.05, 4.69) is 6.07 Å². The van der Waals surface area contributed by atoms with Crippen LogP contribution in [0.15, 0.2) is 48.5 Å². The van der Waals surface area contributed by atoms with E-state index in [-0.39, 0.29) is 11.8 Å². The number of nitrogens with zero attached hydrogens (tertiary/aromatic N) is 2. The molecule has 1 aliphatic heterocycles. The van der Waals surface area contributed by atoms with Crippen LogP contribution in [0.3, 0.4) is 0 Å². The zero-order chi connectivity index (χ0) is 19.2. The Morgan fingerprint density at radius 1 is 1.11 bits per heavy atom. The fourth-order valence-electron chi connectivity index (χ4n) is 3.32. The predicted octanol–water partition coefficient (Wildman–Crippen LogP) is 3.53. The zero-order valence-corrected chi connectivity index (χ0v) is 16.0. The molecule has 0 unspecified atom stereocenters. The van der Waals surface area contributed by atoms with E-state index in [4.69, 9.17) is 4.74 Å². The summed E-state index contributed by atoms with van der Waals surface area (Å²) in [6.45, 7) is 1.23.